The molecule has 0 spiro atoms. The van der Waals surface area contributed by atoms with Gasteiger partial charge in [-0.2, -0.15) is 5.10 Å². The summed E-state index contributed by atoms with van der Waals surface area (Å²) in [6.45, 7) is 3.95. The van der Waals surface area contributed by atoms with Crippen molar-refractivity contribution in [3.8, 4) is 11.3 Å². The molecular formula is C14H14F2N2O. The van der Waals surface area contributed by atoms with Crippen molar-refractivity contribution in [1.29, 1.82) is 0 Å². The zero-order valence-corrected chi connectivity index (χ0v) is 10.7. The number of rotatable bonds is 4. The van der Waals surface area contributed by atoms with E-state index >= 15 is 0 Å². The van der Waals surface area contributed by atoms with Crippen molar-refractivity contribution >= 4 is 6.29 Å². The largest absolute Gasteiger partial charge is 0.298 e. The number of nitrogens with zero attached hydrogens (tertiary/aromatic N) is 2. The number of halogens is 2. The van der Waals surface area contributed by atoms with E-state index in [1.807, 2.05) is 13.8 Å². The van der Waals surface area contributed by atoms with Crippen LogP contribution in [0.1, 0.15) is 36.7 Å². The smallest absolute Gasteiger partial charge is 0.153 e. The van der Waals surface area contributed by atoms with Crippen molar-refractivity contribution in [3.63, 3.8) is 0 Å². The highest BCUT2D eigenvalue weighted by atomic mass is 19.1. The molecule has 1 aromatic heterocycles. The van der Waals surface area contributed by atoms with Crippen LogP contribution in [0.3, 0.4) is 0 Å². The molecule has 3 nitrogen and oxygen atoms in total. The normalized spacial score (nSPS) is 12.4. The predicted molar refractivity (Wildman–Crippen MR) is 68.0 cm³/mol. The Morgan fingerprint density at radius 1 is 1.32 bits per heavy atom. The molecule has 19 heavy (non-hydrogen) atoms. The van der Waals surface area contributed by atoms with Gasteiger partial charge in [-0.15, -0.1) is 0 Å². The summed E-state index contributed by atoms with van der Waals surface area (Å²) in [5.74, 6) is -1.38. The lowest BCUT2D eigenvalue weighted by Crippen LogP contribution is -2.04. The van der Waals surface area contributed by atoms with E-state index in [1.54, 1.807) is 10.9 Å². The Labute approximate surface area is 109 Å². The predicted octanol–water partition coefficient (Wildman–Crippen LogP) is 3.61. The van der Waals surface area contributed by atoms with Gasteiger partial charge in [0.15, 0.2) is 6.29 Å². The highest BCUT2D eigenvalue weighted by molar-refractivity contribution is 5.85. The first kappa shape index (κ1) is 13.4. The first-order chi connectivity index (χ1) is 9.05. The van der Waals surface area contributed by atoms with Crippen LogP contribution in [0.25, 0.3) is 11.3 Å². The van der Waals surface area contributed by atoms with Crippen molar-refractivity contribution in [3.05, 3.63) is 41.6 Å². The first-order valence-corrected chi connectivity index (χ1v) is 6.06. The van der Waals surface area contributed by atoms with Crippen LogP contribution in [0.4, 0.5) is 8.78 Å². The number of aldehydes is 1. The van der Waals surface area contributed by atoms with Gasteiger partial charge in [0.05, 0.1) is 5.56 Å². The lowest BCUT2D eigenvalue weighted by atomic mass is 10.1. The molecule has 0 bridgehead atoms. The molecule has 0 radical (unpaired) electrons. The third-order valence-corrected chi connectivity index (χ3v) is 3.07. The number of carbonyl (C=O) groups is 1. The van der Waals surface area contributed by atoms with Crippen LogP contribution >= 0.6 is 0 Å². The Hall–Kier alpha value is -2.04. The van der Waals surface area contributed by atoms with E-state index in [-0.39, 0.29) is 11.6 Å². The molecule has 0 saturated heterocycles. The molecule has 0 fully saturated rings. The van der Waals surface area contributed by atoms with Crippen molar-refractivity contribution in [2.75, 3.05) is 0 Å². The molecule has 100 valence electrons. The molecule has 2 rings (SSSR count). The molecule has 2 aromatic rings. The van der Waals surface area contributed by atoms with E-state index in [9.17, 15) is 13.6 Å². The molecule has 1 heterocycles. The number of hydrogen-bond donors (Lipinski definition) is 0. The highest BCUT2D eigenvalue weighted by Crippen LogP contribution is 2.24. The van der Waals surface area contributed by atoms with Gasteiger partial charge in [-0.3, -0.25) is 9.48 Å². The summed E-state index contributed by atoms with van der Waals surface area (Å²) in [7, 11) is 0. The monoisotopic (exact) mass is 264 g/mol. The van der Waals surface area contributed by atoms with E-state index in [4.69, 9.17) is 0 Å². The summed E-state index contributed by atoms with van der Waals surface area (Å²) in [4.78, 5) is 11.1. The fraction of sp³-hybridized carbons (Fsp3) is 0.286. The molecule has 1 atom stereocenters. The lowest BCUT2D eigenvalue weighted by molar-refractivity contribution is 0.112. The minimum Gasteiger partial charge on any atom is -0.298 e. The Morgan fingerprint density at radius 3 is 2.47 bits per heavy atom. The van der Waals surface area contributed by atoms with Crippen LogP contribution in [0.5, 0.6) is 0 Å². The van der Waals surface area contributed by atoms with Crippen molar-refractivity contribution in [2.24, 2.45) is 0 Å². The van der Waals surface area contributed by atoms with Gasteiger partial charge in [0.1, 0.15) is 17.3 Å². The van der Waals surface area contributed by atoms with E-state index in [0.717, 1.165) is 12.5 Å². The third kappa shape index (κ3) is 2.70. The second kappa shape index (κ2) is 5.30. The average molecular weight is 264 g/mol. The topological polar surface area (TPSA) is 34.9 Å². The molecule has 0 aliphatic carbocycles. The number of hydrogen-bond acceptors (Lipinski definition) is 2. The Kier molecular flexibility index (Phi) is 3.74. The quantitative estimate of drug-likeness (QED) is 0.791. The number of carbonyl (C=O) groups excluding carboxylic acids is 1. The van der Waals surface area contributed by atoms with E-state index in [0.29, 0.717) is 17.5 Å². The van der Waals surface area contributed by atoms with Gasteiger partial charge in [0, 0.05) is 23.9 Å². The second-order valence-corrected chi connectivity index (χ2v) is 4.45. The maximum atomic E-state index is 13.2. The van der Waals surface area contributed by atoms with Crippen molar-refractivity contribution < 1.29 is 13.6 Å². The van der Waals surface area contributed by atoms with Gasteiger partial charge in [-0.1, -0.05) is 6.92 Å². The zero-order valence-electron chi connectivity index (χ0n) is 10.7. The van der Waals surface area contributed by atoms with Crippen LogP contribution in [0.15, 0.2) is 24.4 Å². The molecule has 1 aromatic carbocycles. The van der Waals surface area contributed by atoms with Crippen LogP contribution in [-0.2, 0) is 0 Å². The van der Waals surface area contributed by atoms with Crippen molar-refractivity contribution in [1.82, 2.24) is 9.78 Å². The fourth-order valence-corrected chi connectivity index (χ4v) is 1.82. The molecule has 5 heteroatoms. The molecule has 0 aliphatic heterocycles. The van der Waals surface area contributed by atoms with Crippen LogP contribution in [0.2, 0.25) is 0 Å². The molecular weight excluding hydrogens is 250 g/mol. The van der Waals surface area contributed by atoms with E-state index in [2.05, 4.69) is 5.10 Å². The molecule has 0 N–H and O–H groups in total. The second-order valence-electron chi connectivity index (χ2n) is 4.45. The van der Waals surface area contributed by atoms with E-state index in [1.165, 1.54) is 12.1 Å². The highest BCUT2D eigenvalue weighted by Gasteiger charge is 2.14. The van der Waals surface area contributed by atoms with Crippen LogP contribution < -0.4 is 0 Å². The summed E-state index contributed by atoms with van der Waals surface area (Å²) in [6, 6.07) is 3.24. The third-order valence-electron chi connectivity index (χ3n) is 3.07. The van der Waals surface area contributed by atoms with Gasteiger partial charge >= 0.3 is 0 Å². The van der Waals surface area contributed by atoms with Gasteiger partial charge in [0.2, 0.25) is 0 Å². The molecule has 0 amide bonds. The van der Waals surface area contributed by atoms with E-state index < -0.39 is 11.6 Å². The minimum atomic E-state index is -0.690. The number of aromatic nitrogens is 2. The molecule has 1 unspecified atom stereocenters. The Morgan fingerprint density at radius 2 is 1.95 bits per heavy atom. The minimum absolute atomic E-state index is 0.117. The summed E-state index contributed by atoms with van der Waals surface area (Å²) >= 11 is 0. The van der Waals surface area contributed by atoms with Crippen LogP contribution in [-0.4, -0.2) is 16.1 Å². The zero-order chi connectivity index (χ0) is 14.0. The maximum absolute atomic E-state index is 13.2. The summed E-state index contributed by atoms with van der Waals surface area (Å²) in [5, 5.41) is 4.26. The van der Waals surface area contributed by atoms with Crippen LogP contribution in [0, 0.1) is 11.6 Å². The summed E-state index contributed by atoms with van der Waals surface area (Å²) in [6.07, 6.45) is 3.08. The van der Waals surface area contributed by atoms with Gasteiger partial charge in [0.25, 0.3) is 0 Å². The fourth-order valence-electron chi connectivity index (χ4n) is 1.82. The molecule has 0 aliphatic rings. The van der Waals surface area contributed by atoms with Gasteiger partial charge < -0.3 is 0 Å². The summed E-state index contributed by atoms with van der Waals surface area (Å²) < 4.78 is 28.1. The lowest BCUT2D eigenvalue weighted by Gasteiger charge is -2.08. The Bertz CT molecular complexity index is 587. The first-order valence-electron chi connectivity index (χ1n) is 6.06. The Balaban J connectivity index is 2.54. The maximum Gasteiger partial charge on any atom is 0.153 e. The molecule has 0 saturated carbocycles. The SMILES string of the molecule is CCC(C)n1cc(C=O)c(-c2cc(F)cc(F)c2)n1. The average Bonchev–Trinajstić information content (AvgIpc) is 2.80. The summed E-state index contributed by atoms with van der Waals surface area (Å²) in [5.41, 5.74) is 0.889. The number of benzene rings is 1. The standard InChI is InChI=1S/C14H14F2N2O/c1-3-9(2)18-7-11(8-19)14(17-18)10-4-12(15)6-13(16)5-10/h4-9H,3H2,1-2H3. The van der Waals surface area contributed by atoms with Gasteiger partial charge in [-0.05, 0) is 25.5 Å². The van der Waals surface area contributed by atoms with Crippen molar-refractivity contribution in [2.45, 2.75) is 26.3 Å². The van der Waals surface area contributed by atoms with Gasteiger partial charge in [-0.25, -0.2) is 8.78 Å².